The van der Waals surface area contributed by atoms with E-state index in [1.165, 1.54) is 17.3 Å². The number of carbonyl (C=O) groups excluding carboxylic acids is 1. The number of aromatic nitrogens is 2. The van der Waals surface area contributed by atoms with E-state index in [2.05, 4.69) is 9.97 Å². The first-order valence-corrected chi connectivity index (χ1v) is 6.39. The van der Waals surface area contributed by atoms with Crippen LogP contribution in [0, 0.1) is 0 Å². The van der Waals surface area contributed by atoms with E-state index < -0.39 is 0 Å². The molecule has 104 valence electrons. The largest absolute Gasteiger partial charge is 0.394 e. The number of aliphatic hydroxyl groups is 1. The van der Waals surface area contributed by atoms with Crippen LogP contribution < -0.4 is 0 Å². The predicted molar refractivity (Wildman–Crippen MR) is 76.1 cm³/mol. The first kappa shape index (κ1) is 14.1. The molecule has 1 amide bonds. The zero-order valence-corrected chi connectivity index (χ0v) is 11.5. The Morgan fingerprint density at radius 1 is 1.25 bits per heavy atom. The van der Waals surface area contributed by atoms with Crippen molar-refractivity contribution in [2.24, 2.45) is 0 Å². The molecular weight excluding hydrogens is 254 g/mol. The minimum absolute atomic E-state index is 0.0782. The predicted octanol–water partition coefficient (Wildman–Crippen LogP) is 1.60. The summed E-state index contributed by atoms with van der Waals surface area (Å²) < 4.78 is 0. The lowest BCUT2D eigenvalue weighted by Crippen LogP contribution is -2.37. The van der Waals surface area contributed by atoms with E-state index in [9.17, 15) is 4.79 Å². The summed E-state index contributed by atoms with van der Waals surface area (Å²) in [7, 11) is 1.65. The first-order chi connectivity index (χ1) is 9.63. The highest BCUT2D eigenvalue weighted by atomic mass is 16.3. The molecule has 20 heavy (non-hydrogen) atoms. The van der Waals surface area contributed by atoms with Gasteiger partial charge in [-0.3, -0.25) is 4.79 Å². The number of rotatable bonds is 4. The number of hydrogen-bond donors (Lipinski definition) is 1. The third-order valence-electron chi connectivity index (χ3n) is 3.18. The van der Waals surface area contributed by atoms with Crippen molar-refractivity contribution in [1.29, 1.82) is 0 Å². The average Bonchev–Trinajstić information content (AvgIpc) is 2.53. The van der Waals surface area contributed by atoms with Gasteiger partial charge in [0.05, 0.1) is 18.2 Å². The van der Waals surface area contributed by atoms with E-state index in [1.54, 1.807) is 14.0 Å². The molecule has 0 fully saturated rings. The van der Waals surface area contributed by atoms with Crippen molar-refractivity contribution in [3.05, 3.63) is 48.3 Å². The van der Waals surface area contributed by atoms with Crippen LogP contribution >= 0.6 is 0 Å². The summed E-state index contributed by atoms with van der Waals surface area (Å²) >= 11 is 0. The zero-order chi connectivity index (χ0) is 14.5. The summed E-state index contributed by atoms with van der Waals surface area (Å²) in [6.07, 6.45) is 3.02. The molecule has 0 spiro atoms. The quantitative estimate of drug-likeness (QED) is 0.917. The number of aliphatic hydroxyl groups excluding tert-OH is 1. The third kappa shape index (κ3) is 3.00. The van der Waals surface area contributed by atoms with Gasteiger partial charge in [0.25, 0.3) is 5.91 Å². The maximum Gasteiger partial charge on any atom is 0.257 e. The number of hydrogen-bond acceptors (Lipinski definition) is 4. The molecule has 0 aliphatic heterocycles. The minimum Gasteiger partial charge on any atom is -0.394 e. The van der Waals surface area contributed by atoms with E-state index in [-0.39, 0.29) is 18.6 Å². The van der Waals surface area contributed by atoms with E-state index >= 15 is 0 Å². The maximum absolute atomic E-state index is 12.1. The summed E-state index contributed by atoms with van der Waals surface area (Å²) in [5.74, 6) is 0.381. The van der Waals surface area contributed by atoms with Crippen molar-refractivity contribution in [3.8, 4) is 11.4 Å². The molecule has 1 atom stereocenters. The van der Waals surface area contributed by atoms with Crippen LogP contribution in [0.5, 0.6) is 0 Å². The van der Waals surface area contributed by atoms with Gasteiger partial charge in [0.2, 0.25) is 0 Å². The molecule has 1 N–H and O–H groups in total. The second kappa shape index (κ2) is 6.25. The maximum atomic E-state index is 12.1. The molecule has 1 aromatic carbocycles. The molecule has 1 unspecified atom stereocenters. The molecule has 0 radical (unpaired) electrons. The van der Waals surface area contributed by atoms with Gasteiger partial charge in [-0.2, -0.15) is 0 Å². The first-order valence-electron chi connectivity index (χ1n) is 6.39. The van der Waals surface area contributed by atoms with Crippen molar-refractivity contribution in [3.63, 3.8) is 0 Å². The molecule has 5 nitrogen and oxygen atoms in total. The Hall–Kier alpha value is -2.27. The fraction of sp³-hybridized carbons (Fsp3) is 0.267. The molecule has 0 saturated heterocycles. The fourth-order valence-electron chi connectivity index (χ4n) is 1.70. The van der Waals surface area contributed by atoms with E-state index in [1.807, 2.05) is 30.3 Å². The summed E-state index contributed by atoms with van der Waals surface area (Å²) in [6, 6.07) is 9.33. The minimum atomic E-state index is -0.240. The van der Waals surface area contributed by atoms with Gasteiger partial charge in [0.1, 0.15) is 0 Å². The second-order valence-corrected chi connectivity index (χ2v) is 4.61. The Morgan fingerprint density at radius 3 is 2.40 bits per heavy atom. The van der Waals surface area contributed by atoms with Gasteiger partial charge in [0, 0.05) is 25.0 Å². The number of likely N-dealkylation sites (N-methyl/N-ethyl adjacent to an activating group) is 1. The van der Waals surface area contributed by atoms with Crippen molar-refractivity contribution in [2.75, 3.05) is 13.7 Å². The molecule has 0 saturated carbocycles. The van der Waals surface area contributed by atoms with Crippen LogP contribution in [0.25, 0.3) is 11.4 Å². The monoisotopic (exact) mass is 271 g/mol. The average molecular weight is 271 g/mol. The third-order valence-corrected chi connectivity index (χ3v) is 3.18. The lowest BCUT2D eigenvalue weighted by molar-refractivity contribution is 0.0681. The highest BCUT2D eigenvalue weighted by molar-refractivity contribution is 5.93. The van der Waals surface area contributed by atoms with E-state index in [0.29, 0.717) is 11.4 Å². The van der Waals surface area contributed by atoms with Gasteiger partial charge in [-0.25, -0.2) is 9.97 Å². The zero-order valence-electron chi connectivity index (χ0n) is 11.5. The standard InChI is InChI=1S/C15H17N3O2/c1-11(10-19)18(2)15(20)13-8-16-14(17-9-13)12-6-4-3-5-7-12/h3-9,11,19H,10H2,1-2H3. The van der Waals surface area contributed by atoms with Crippen LogP contribution in [0.3, 0.4) is 0 Å². The summed E-state index contributed by atoms with van der Waals surface area (Å²) in [4.78, 5) is 22.0. The fourth-order valence-corrected chi connectivity index (χ4v) is 1.70. The Morgan fingerprint density at radius 2 is 1.85 bits per heavy atom. The molecule has 1 heterocycles. The highest BCUT2D eigenvalue weighted by Gasteiger charge is 2.17. The van der Waals surface area contributed by atoms with Crippen molar-refractivity contribution < 1.29 is 9.90 Å². The van der Waals surface area contributed by atoms with Crippen LogP contribution in [0.2, 0.25) is 0 Å². The normalized spacial score (nSPS) is 11.9. The summed E-state index contributed by atoms with van der Waals surface area (Å²) in [5.41, 5.74) is 1.32. The van der Waals surface area contributed by atoms with Crippen molar-refractivity contribution in [1.82, 2.24) is 14.9 Å². The van der Waals surface area contributed by atoms with Crippen LogP contribution in [-0.4, -0.2) is 45.6 Å². The van der Waals surface area contributed by atoms with Gasteiger partial charge >= 0.3 is 0 Å². The van der Waals surface area contributed by atoms with Crippen LogP contribution in [-0.2, 0) is 0 Å². The molecule has 5 heteroatoms. The van der Waals surface area contributed by atoms with Gasteiger partial charge < -0.3 is 10.0 Å². The molecule has 0 bridgehead atoms. The Labute approximate surface area is 117 Å². The van der Waals surface area contributed by atoms with Gasteiger partial charge in [-0.15, -0.1) is 0 Å². The molecule has 2 rings (SSSR count). The highest BCUT2D eigenvalue weighted by Crippen LogP contribution is 2.14. The van der Waals surface area contributed by atoms with Gasteiger partial charge in [-0.1, -0.05) is 30.3 Å². The summed E-state index contributed by atoms with van der Waals surface area (Å²) in [6.45, 7) is 1.70. The summed E-state index contributed by atoms with van der Waals surface area (Å²) in [5, 5.41) is 9.07. The lowest BCUT2D eigenvalue weighted by Gasteiger charge is -2.22. The number of amides is 1. The Balaban J connectivity index is 2.18. The second-order valence-electron chi connectivity index (χ2n) is 4.61. The molecular formula is C15H17N3O2. The van der Waals surface area contributed by atoms with Crippen LogP contribution in [0.15, 0.2) is 42.7 Å². The SMILES string of the molecule is CC(CO)N(C)C(=O)c1cnc(-c2ccccc2)nc1. The van der Waals surface area contributed by atoms with Crippen molar-refractivity contribution in [2.45, 2.75) is 13.0 Å². The lowest BCUT2D eigenvalue weighted by atomic mass is 10.2. The Kier molecular flexibility index (Phi) is 4.42. The number of nitrogens with zero attached hydrogens (tertiary/aromatic N) is 3. The number of benzene rings is 1. The topological polar surface area (TPSA) is 66.3 Å². The van der Waals surface area contributed by atoms with Crippen LogP contribution in [0.4, 0.5) is 0 Å². The Bertz CT molecular complexity index is 569. The van der Waals surface area contributed by atoms with Crippen molar-refractivity contribution >= 4 is 5.91 Å². The smallest absolute Gasteiger partial charge is 0.257 e. The van der Waals surface area contributed by atoms with E-state index in [4.69, 9.17) is 5.11 Å². The molecule has 1 aromatic heterocycles. The molecule has 0 aliphatic carbocycles. The van der Waals surface area contributed by atoms with E-state index in [0.717, 1.165) is 5.56 Å². The van der Waals surface area contributed by atoms with Crippen LogP contribution in [0.1, 0.15) is 17.3 Å². The molecule has 0 aliphatic rings. The molecule has 2 aromatic rings. The number of carbonyl (C=O) groups is 1. The van der Waals surface area contributed by atoms with Gasteiger partial charge in [0.15, 0.2) is 5.82 Å². The van der Waals surface area contributed by atoms with Gasteiger partial charge in [-0.05, 0) is 6.92 Å².